The molecule has 1 N–H and O–H groups in total. The molecule has 7 heteroatoms. The van der Waals surface area contributed by atoms with E-state index in [4.69, 9.17) is 4.74 Å². The third-order valence-corrected chi connectivity index (χ3v) is 4.11. The Morgan fingerprint density at radius 1 is 1.24 bits per heavy atom. The van der Waals surface area contributed by atoms with Crippen molar-refractivity contribution in [3.05, 3.63) is 53.7 Å². The predicted octanol–water partition coefficient (Wildman–Crippen LogP) is 3.53. The molecule has 2 heterocycles. The number of nitrogens with one attached hydrogen (secondary N) is 1. The van der Waals surface area contributed by atoms with Crippen LogP contribution in [0.4, 0.5) is 13.2 Å². The molecule has 0 bridgehead atoms. The molecule has 4 nitrogen and oxygen atoms in total. The standard InChI is InChI=1S/C18H17F3N2O2/c19-18(20,21)15-2-1-8-22-16(15)13-3-5-14(6-4-13)17(24)23-10-12-7-9-25-11-12/h1-6,8,12H,7,9-11H2,(H,23,24)/t12-/m1/s1. The molecule has 1 aliphatic rings. The Labute approximate surface area is 143 Å². The lowest BCUT2D eigenvalue weighted by molar-refractivity contribution is -0.137. The number of hydrogen-bond donors (Lipinski definition) is 1. The zero-order valence-electron chi connectivity index (χ0n) is 13.3. The first-order valence-electron chi connectivity index (χ1n) is 7.94. The molecule has 3 rings (SSSR count). The van der Waals surface area contributed by atoms with Gasteiger partial charge in [-0.05, 0) is 30.7 Å². The van der Waals surface area contributed by atoms with Crippen LogP contribution in [0.2, 0.25) is 0 Å². The van der Waals surface area contributed by atoms with Crippen LogP contribution in [-0.2, 0) is 10.9 Å². The van der Waals surface area contributed by atoms with E-state index in [2.05, 4.69) is 10.3 Å². The maximum Gasteiger partial charge on any atom is 0.418 e. The minimum Gasteiger partial charge on any atom is -0.381 e. The molecule has 0 unspecified atom stereocenters. The first-order valence-corrected chi connectivity index (χ1v) is 7.94. The van der Waals surface area contributed by atoms with E-state index in [0.717, 1.165) is 12.5 Å². The van der Waals surface area contributed by atoms with E-state index in [1.54, 1.807) is 0 Å². The van der Waals surface area contributed by atoms with Crippen LogP contribution < -0.4 is 5.32 Å². The minimum atomic E-state index is -4.48. The van der Waals surface area contributed by atoms with Crippen molar-refractivity contribution in [3.63, 3.8) is 0 Å². The second kappa shape index (κ2) is 7.23. The molecule has 1 aromatic carbocycles. The molecule has 1 amide bonds. The third kappa shape index (κ3) is 4.17. The fourth-order valence-electron chi connectivity index (χ4n) is 2.73. The van der Waals surface area contributed by atoms with E-state index < -0.39 is 11.7 Å². The fourth-order valence-corrected chi connectivity index (χ4v) is 2.73. The molecular weight excluding hydrogens is 333 g/mol. The van der Waals surface area contributed by atoms with Crippen molar-refractivity contribution in [2.75, 3.05) is 19.8 Å². The third-order valence-electron chi connectivity index (χ3n) is 4.11. The second-order valence-electron chi connectivity index (χ2n) is 5.91. The van der Waals surface area contributed by atoms with Gasteiger partial charge < -0.3 is 10.1 Å². The zero-order valence-corrected chi connectivity index (χ0v) is 13.3. The quantitative estimate of drug-likeness (QED) is 0.918. The number of hydrogen-bond acceptors (Lipinski definition) is 3. The van der Waals surface area contributed by atoms with Gasteiger partial charge in [-0.1, -0.05) is 12.1 Å². The van der Waals surface area contributed by atoms with Gasteiger partial charge in [0, 0.05) is 36.4 Å². The lowest BCUT2D eigenvalue weighted by atomic mass is 10.0. The summed E-state index contributed by atoms with van der Waals surface area (Å²) in [6.45, 7) is 1.87. The number of halogens is 3. The van der Waals surface area contributed by atoms with Gasteiger partial charge in [0.05, 0.1) is 17.9 Å². The first kappa shape index (κ1) is 17.4. The Kier molecular flexibility index (Phi) is 5.03. The highest BCUT2D eigenvalue weighted by Gasteiger charge is 2.34. The number of pyridine rings is 1. The Morgan fingerprint density at radius 2 is 2.00 bits per heavy atom. The molecule has 1 saturated heterocycles. The lowest BCUT2D eigenvalue weighted by Gasteiger charge is -2.12. The maximum absolute atomic E-state index is 13.1. The number of carbonyl (C=O) groups is 1. The van der Waals surface area contributed by atoms with Gasteiger partial charge in [-0.2, -0.15) is 13.2 Å². The topological polar surface area (TPSA) is 51.2 Å². The van der Waals surface area contributed by atoms with Crippen LogP contribution in [-0.4, -0.2) is 30.6 Å². The van der Waals surface area contributed by atoms with Crippen molar-refractivity contribution in [1.82, 2.24) is 10.3 Å². The number of alkyl halides is 3. The summed E-state index contributed by atoms with van der Waals surface area (Å²) in [5, 5.41) is 2.82. The molecular formula is C18H17F3N2O2. The summed E-state index contributed by atoms with van der Waals surface area (Å²) in [6.07, 6.45) is -2.25. The molecule has 1 aliphatic heterocycles. The number of ether oxygens (including phenoxy) is 1. The summed E-state index contributed by atoms with van der Waals surface area (Å²) in [5.41, 5.74) is -0.237. The SMILES string of the molecule is O=C(NC[C@H]1CCOC1)c1ccc(-c2ncccc2C(F)(F)F)cc1. The molecule has 2 aromatic rings. The normalized spacial score (nSPS) is 17.5. The zero-order chi connectivity index (χ0) is 17.9. The number of amides is 1. The van der Waals surface area contributed by atoms with Gasteiger partial charge >= 0.3 is 6.18 Å². The average Bonchev–Trinajstić information content (AvgIpc) is 3.13. The lowest BCUT2D eigenvalue weighted by Crippen LogP contribution is -2.29. The van der Waals surface area contributed by atoms with Crippen molar-refractivity contribution in [3.8, 4) is 11.3 Å². The van der Waals surface area contributed by atoms with Crippen LogP contribution in [0.15, 0.2) is 42.6 Å². The summed E-state index contributed by atoms with van der Waals surface area (Å²) in [4.78, 5) is 16.0. The van der Waals surface area contributed by atoms with Gasteiger partial charge in [-0.25, -0.2) is 0 Å². The molecule has 1 aromatic heterocycles. The largest absolute Gasteiger partial charge is 0.418 e. The molecule has 0 aliphatic carbocycles. The number of aromatic nitrogens is 1. The van der Waals surface area contributed by atoms with Crippen molar-refractivity contribution in [1.29, 1.82) is 0 Å². The second-order valence-corrected chi connectivity index (χ2v) is 5.91. The molecule has 0 radical (unpaired) electrons. The Balaban J connectivity index is 1.73. The minimum absolute atomic E-state index is 0.148. The van der Waals surface area contributed by atoms with Crippen LogP contribution in [0.1, 0.15) is 22.3 Å². The highest BCUT2D eigenvalue weighted by Crippen LogP contribution is 2.35. The van der Waals surface area contributed by atoms with Crippen molar-refractivity contribution >= 4 is 5.91 Å². The van der Waals surface area contributed by atoms with Gasteiger partial charge in [0.15, 0.2) is 0 Å². The van der Waals surface area contributed by atoms with Gasteiger partial charge in [0.1, 0.15) is 0 Å². The van der Waals surface area contributed by atoms with Gasteiger partial charge in [0.2, 0.25) is 0 Å². The summed E-state index contributed by atoms with van der Waals surface area (Å²) in [6, 6.07) is 8.21. The summed E-state index contributed by atoms with van der Waals surface area (Å²) in [7, 11) is 0. The Morgan fingerprint density at radius 3 is 2.64 bits per heavy atom. The van der Waals surface area contributed by atoms with Crippen LogP contribution in [0, 0.1) is 5.92 Å². The fraction of sp³-hybridized carbons (Fsp3) is 0.333. The number of nitrogens with zero attached hydrogens (tertiary/aromatic N) is 1. The van der Waals surface area contributed by atoms with Gasteiger partial charge in [-0.3, -0.25) is 9.78 Å². The van der Waals surface area contributed by atoms with Gasteiger partial charge in [0.25, 0.3) is 5.91 Å². The van der Waals surface area contributed by atoms with Crippen LogP contribution in [0.5, 0.6) is 0 Å². The van der Waals surface area contributed by atoms with Gasteiger partial charge in [-0.15, -0.1) is 0 Å². The van der Waals surface area contributed by atoms with E-state index in [1.165, 1.54) is 36.5 Å². The molecule has 1 fully saturated rings. The van der Waals surface area contributed by atoms with Crippen LogP contribution in [0.3, 0.4) is 0 Å². The molecule has 1 atom stereocenters. The Hall–Kier alpha value is -2.41. The van der Waals surface area contributed by atoms with Crippen LogP contribution in [0.25, 0.3) is 11.3 Å². The predicted molar refractivity (Wildman–Crippen MR) is 85.9 cm³/mol. The number of rotatable bonds is 4. The molecule has 0 saturated carbocycles. The maximum atomic E-state index is 13.1. The van der Waals surface area contributed by atoms with Crippen molar-refractivity contribution in [2.45, 2.75) is 12.6 Å². The number of benzene rings is 1. The summed E-state index contributed by atoms with van der Waals surface area (Å²) < 4.78 is 44.5. The monoisotopic (exact) mass is 350 g/mol. The first-order chi connectivity index (χ1) is 11.9. The van der Waals surface area contributed by atoms with Crippen LogP contribution >= 0.6 is 0 Å². The number of carbonyl (C=O) groups excluding carboxylic acids is 1. The van der Waals surface area contributed by atoms with Crippen molar-refractivity contribution in [2.24, 2.45) is 5.92 Å². The average molecular weight is 350 g/mol. The highest BCUT2D eigenvalue weighted by molar-refractivity contribution is 5.94. The summed E-state index contributed by atoms with van der Waals surface area (Å²) in [5.74, 6) is 0.0570. The Bertz CT molecular complexity index is 739. The van der Waals surface area contributed by atoms with E-state index in [0.29, 0.717) is 36.8 Å². The molecule has 132 valence electrons. The van der Waals surface area contributed by atoms with E-state index in [1.807, 2.05) is 0 Å². The van der Waals surface area contributed by atoms with E-state index >= 15 is 0 Å². The van der Waals surface area contributed by atoms with E-state index in [-0.39, 0.29) is 11.6 Å². The smallest absolute Gasteiger partial charge is 0.381 e. The summed E-state index contributed by atoms with van der Waals surface area (Å²) >= 11 is 0. The van der Waals surface area contributed by atoms with E-state index in [9.17, 15) is 18.0 Å². The molecule has 25 heavy (non-hydrogen) atoms. The highest BCUT2D eigenvalue weighted by atomic mass is 19.4. The van der Waals surface area contributed by atoms with Crippen molar-refractivity contribution < 1.29 is 22.7 Å². The molecule has 0 spiro atoms.